The van der Waals surface area contributed by atoms with Gasteiger partial charge in [0.15, 0.2) is 5.75 Å². The van der Waals surface area contributed by atoms with Crippen LogP contribution in [-0.2, 0) is 14.9 Å². The largest absolute Gasteiger partial charge is 0.534 e. The molecule has 0 fully saturated rings. The van der Waals surface area contributed by atoms with Crippen molar-refractivity contribution >= 4 is 32.0 Å². The molecule has 6 nitrogen and oxygen atoms in total. The van der Waals surface area contributed by atoms with Gasteiger partial charge in [-0.1, -0.05) is 0 Å². The SMILES string of the molecule is COC(=O)c1cc(OC)c(Br)c(OS(=O)(=O)C(F)(F)F)c1. The Bertz CT molecular complexity index is 655. The second-order valence-electron chi connectivity index (χ2n) is 3.47. The summed E-state index contributed by atoms with van der Waals surface area (Å²) in [5.74, 6) is -1.77. The fourth-order valence-corrected chi connectivity index (χ4v) is 2.22. The lowest BCUT2D eigenvalue weighted by molar-refractivity contribution is -0.0500. The van der Waals surface area contributed by atoms with E-state index >= 15 is 0 Å². The Morgan fingerprint density at radius 3 is 2.14 bits per heavy atom. The van der Waals surface area contributed by atoms with Crippen molar-refractivity contribution < 1.29 is 40.0 Å². The number of carbonyl (C=O) groups is 1. The summed E-state index contributed by atoms with van der Waals surface area (Å²) >= 11 is 2.83. The summed E-state index contributed by atoms with van der Waals surface area (Å²) in [5, 5.41) is 0. The fraction of sp³-hybridized carbons (Fsp3) is 0.300. The van der Waals surface area contributed by atoms with E-state index in [1.165, 1.54) is 7.11 Å². The summed E-state index contributed by atoms with van der Waals surface area (Å²) in [4.78, 5) is 11.4. The third kappa shape index (κ3) is 3.79. The minimum atomic E-state index is -5.89. The summed E-state index contributed by atoms with van der Waals surface area (Å²) in [6.07, 6.45) is 0. The van der Waals surface area contributed by atoms with Crippen molar-refractivity contribution in [3.63, 3.8) is 0 Å². The van der Waals surface area contributed by atoms with E-state index in [-0.39, 0.29) is 15.8 Å². The van der Waals surface area contributed by atoms with E-state index in [2.05, 4.69) is 24.8 Å². The molecule has 0 heterocycles. The normalized spacial score (nSPS) is 11.9. The number of hydrogen-bond donors (Lipinski definition) is 0. The quantitative estimate of drug-likeness (QED) is 0.444. The maximum atomic E-state index is 12.3. The molecule has 118 valence electrons. The number of esters is 1. The Kier molecular flexibility index (Phi) is 5.10. The first-order chi connectivity index (χ1) is 9.53. The van der Waals surface area contributed by atoms with Gasteiger partial charge in [0.1, 0.15) is 10.2 Å². The van der Waals surface area contributed by atoms with Gasteiger partial charge in [-0.2, -0.15) is 21.6 Å². The van der Waals surface area contributed by atoms with Gasteiger partial charge in [0.25, 0.3) is 0 Å². The number of benzene rings is 1. The smallest absolute Gasteiger partial charge is 0.495 e. The van der Waals surface area contributed by atoms with Gasteiger partial charge in [-0.15, -0.1) is 0 Å². The van der Waals surface area contributed by atoms with Crippen LogP contribution in [0.1, 0.15) is 10.4 Å². The van der Waals surface area contributed by atoms with E-state index in [0.29, 0.717) is 0 Å². The molecule has 0 N–H and O–H groups in total. The maximum Gasteiger partial charge on any atom is 0.534 e. The average molecular weight is 393 g/mol. The monoisotopic (exact) mass is 392 g/mol. The van der Waals surface area contributed by atoms with Crippen LogP contribution < -0.4 is 8.92 Å². The lowest BCUT2D eigenvalue weighted by Gasteiger charge is -2.13. The molecule has 0 aliphatic rings. The predicted molar refractivity (Wildman–Crippen MR) is 67.6 cm³/mol. The molecule has 0 saturated heterocycles. The van der Waals surface area contributed by atoms with Crippen LogP contribution >= 0.6 is 15.9 Å². The van der Waals surface area contributed by atoms with Crippen molar-refractivity contribution in [2.24, 2.45) is 0 Å². The van der Waals surface area contributed by atoms with Crippen molar-refractivity contribution in [1.29, 1.82) is 0 Å². The van der Waals surface area contributed by atoms with Gasteiger partial charge in [-0.25, -0.2) is 4.79 Å². The van der Waals surface area contributed by atoms with Gasteiger partial charge in [0, 0.05) is 0 Å². The average Bonchev–Trinajstić information content (AvgIpc) is 2.38. The maximum absolute atomic E-state index is 12.3. The van der Waals surface area contributed by atoms with Gasteiger partial charge in [-0.05, 0) is 28.1 Å². The topological polar surface area (TPSA) is 78.9 Å². The molecule has 1 aromatic carbocycles. The van der Waals surface area contributed by atoms with Crippen LogP contribution in [0.25, 0.3) is 0 Å². The number of alkyl halides is 3. The second kappa shape index (κ2) is 6.10. The van der Waals surface area contributed by atoms with Gasteiger partial charge >= 0.3 is 21.6 Å². The molecule has 0 saturated carbocycles. The van der Waals surface area contributed by atoms with E-state index in [1.807, 2.05) is 0 Å². The molecule has 0 atom stereocenters. The predicted octanol–water partition coefficient (Wildman–Crippen LogP) is 2.47. The zero-order valence-electron chi connectivity index (χ0n) is 10.5. The molecule has 1 rings (SSSR count). The Morgan fingerprint density at radius 1 is 1.19 bits per heavy atom. The van der Waals surface area contributed by atoms with E-state index in [1.54, 1.807) is 0 Å². The van der Waals surface area contributed by atoms with Gasteiger partial charge < -0.3 is 13.7 Å². The number of hydrogen-bond acceptors (Lipinski definition) is 6. The Balaban J connectivity index is 3.39. The first-order valence-corrected chi connectivity index (χ1v) is 7.20. The summed E-state index contributed by atoms with van der Waals surface area (Å²) in [6, 6.07) is 1.92. The number of methoxy groups -OCH3 is 2. The fourth-order valence-electron chi connectivity index (χ4n) is 1.18. The minimum absolute atomic E-state index is 0.106. The summed E-state index contributed by atoms with van der Waals surface area (Å²) in [5.41, 5.74) is -5.86. The number of rotatable bonds is 4. The van der Waals surface area contributed by atoms with E-state index < -0.39 is 27.3 Å². The zero-order valence-corrected chi connectivity index (χ0v) is 12.9. The number of halogens is 4. The summed E-state index contributed by atoms with van der Waals surface area (Å²) in [6.45, 7) is 0. The van der Waals surface area contributed by atoms with Crippen LogP contribution in [0.3, 0.4) is 0 Å². The highest BCUT2D eigenvalue weighted by atomic mass is 79.9. The van der Waals surface area contributed by atoms with Gasteiger partial charge in [0.2, 0.25) is 0 Å². The standard InChI is InChI=1S/C10H8BrF3O6S/c1-18-6-3-5(9(15)19-2)4-7(8(6)11)20-21(16,17)10(12,13)14/h3-4H,1-2H3. The molecule has 11 heteroatoms. The molecule has 21 heavy (non-hydrogen) atoms. The Labute approximate surface area is 126 Å². The third-order valence-electron chi connectivity index (χ3n) is 2.13. The zero-order chi connectivity index (χ0) is 16.4. The number of ether oxygens (including phenoxy) is 2. The van der Waals surface area contributed by atoms with Gasteiger partial charge in [-0.3, -0.25) is 0 Å². The van der Waals surface area contributed by atoms with E-state index in [0.717, 1.165) is 19.2 Å². The van der Waals surface area contributed by atoms with Crippen molar-refractivity contribution in [3.05, 3.63) is 22.2 Å². The second-order valence-corrected chi connectivity index (χ2v) is 5.80. The molecule has 0 aliphatic heterocycles. The highest BCUT2D eigenvalue weighted by molar-refractivity contribution is 9.10. The molecule has 0 bridgehead atoms. The Morgan fingerprint density at radius 2 is 1.71 bits per heavy atom. The Hall–Kier alpha value is -1.49. The molecule has 0 aromatic heterocycles. The van der Waals surface area contributed by atoms with E-state index in [9.17, 15) is 26.4 Å². The molecule has 0 amide bonds. The molecule has 0 spiro atoms. The van der Waals surface area contributed by atoms with E-state index in [4.69, 9.17) is 4.74 Å². The minimum Gasteiger partial charge on any atom is -0.495 e. The molecule has 0 unspecified atom stereocenters. The molecular formula is C10H8BrF3O6S. The van der Waals surface area contributed by atoms with Crippen LogP contribution in [-0.4, -0.2) is 34.1 Å². The molecule has 0 aliphatic carbocycles. The molecule has 0 radical (unpaired) electrons. The summed E-state index contributed by atoms with van der Waals surface area (Å²) in [7, 11) is -3.67. The van der Waals surface area contributed by atoms with Crippen LogP contribution in [0.4, 0.5) is 13.2 Å². The third-order valence-corrected chi connectivity index (χ3v) is 3.88. The van der Waals surface area contributed by atoms with Crippen molar-refractivity contribution in [2.45, 2.75) is 5.51 Å². The van der Waals surface area contributed by atoms with Crippen LogP contribution in [0.2, 0.25) is 0 Å². The van der Waals surface area contributed by atoms with Crippen molar-refractivity contribution in [2.75, 3.05) is 14.2 Å². The van der Waals surface area contributed by atoms with Crippen molar-refractivity contribution in [3.8, 4) is 11.5 Å². The lowest BCUT2D eigenvalue weighted by Crippen LogP contribution is -2.28. The first kappa shape index (κ1) is 17.6. The molecule has 1 aromatic rings. The lowest BCUT2D eigenvalue weighted by atomic mass is 10.2. The van der Waals surface area contributed by atoms with Crippen molar-refractivity contribution in [1.82, 2.24) is 0 Å². The number of carbonyl (C=O) groups excluding carboxylic acids is 1. The first-order valence-electron chi connectivity index (χ1n) is 5.00. The van der Waals surface area contributed by atoms with Crippen LogP contribution in [0.15, 0.2) is 16.6 Å². The van der Waals surface area contributed by atoms with Crippen LogP contribution in [0, 0.1) is 0 Å². The van der Waals surface area contributed by atoms with Crippen LogP contribution in [0.5, 0.6) is 11.5 Å². The highest BCUT2D eigenvalue weighted by Crippen LogP contribution is 2.38. The summed E-state index contributed by atoms with van der Waals surface area (Å²) < 4.78 is 71.9. The highest BCUT2D eigenvalue weighted by Gasteiger charge is 2.49. The molecular weight excluding hydrogens is 385 g/mol. The van der Waals surface area contributed by atoms with Gasteiger partial charge in [0.05, 0.1) is 19.8 Å².